The van der Waals surface area contributed by atoms with E-state index in [4.69, 9.17) is 9.47 Å². The third-order valence-electron chi connectivity index (χ3n) is 4.59. The average Bonchev–Trinajstić information content (AvgIpc) is 3.12. The minimum atomic E-state index is -0.602. The lowest BCUT2D eigenvalue weighted by molar-refractivity contribution is -0.156. The van der Waals surface area contributed by atoms with Gasteiger partial charge in [-0.1, -0.05) is 30.3 Å². The van der Waals surface area contributed by atoms with E-state index in [2.05, 4.69) is 5.32 Å². The van der Waals surface area contributed by atoms with Gasteiger partial charge < -0.3 is 19.7 Å². The SMILES string of the molecule is C[C@H](NC(=O)[C@H]1COCC(=O)N1Cc1ccccc1)[C@H]1CCCO1. The zero-order chi connectivity index (χ0) is 16.9. The molecule has 2 fully saturated rings. The summed E-state index contributed by atoms with van der Waals surface area (Å²) in [7, 11) is 0. The quantitative estimate of drug-likeness (QED) is 0.877. The van der Waals surface area contributed by atoms with Gasteiger partial charge in [0.05, 0.1) is 18.8 Å². The molecule has 2 amide bonds. The van der Waals surface area contributed by atoms with Gasteiger partial charge in [0.2, 0.25) is 11.8 Å². The number of morpholine rings is 1. The molecule has 1 aromatic carbocycles. The van der Waals surface area contributed by atoms with Crippen molar-refractivity contribution in [2.24, 2.45) is 0 Å². The Morgan fingerprint density at radius 3 is 2.88 bits per heavy atom. The highest BCUT2D eigenvalue weighted by Gasteiger charge is 2.35. The number of nitrogens with zero attached hydrogens (tertiary/aromatic N) is 1. The van der Waals surface area contributed by atoms with Gasteiger partial charge in [0.15, 0.2) is 0 Å². The molecule has 2 aliphatic heterocycles. The molecular weight excluding hydrogens is 308 g/mol. The Kier molecular flexibility index (Phi) is 5.48. The zero-order valence-corrected chi connectivity index (χ0v) is 13.9. The van der Waals surface area contributed by atoms with Crippen molar-refractivity contribution in [2.75, 3.05) is 19.8 Å². The standard InChI is InChI=1S/C18H24N2O4/c1-13(16-8-5-9-24-16)19-18(22)15-11-23-12-17(21)20(15)10-14-6-3-2-4-7-14/h2-4,6-7,13,15-16H,5,8-12H2,1H3,(H,19,22)/t13-,15+,16+/m0/s1. The van der Waals surface area contributed by atoms with E-state index in [1.165, 1.54) is 0 Å². The predicted molar refractivity (Wildman–Crippen MR) is 88.2 cm³/mol. The van der Waals surface area contributed by atoms with E-state index >= 15 is 0 Å². The molecule has 0 spiro atoms. The summed E-state index contributed by atoms with van der Waals surface area (Å²) in [4.78, 5) is 26.5. The molecule has 24 heavy (non-hydrogen) atoms. The molecule has 0 aromatic heterocycles. The molecule has 1 N–H and O–H groups in total. The summed E-state index contributed by atoms with van der Waals surface area (Å²) in [5.74, 6) is -0.336. The fourth-order valence-corrected chi connectivity index (χ4v) is 3.21. The summed E-state index contributed by atoms with van der Waals surface area (Å²) in [6, 6.07) is 9.01. The van der Waals surface area contributed by atoms with E-state index in [0.717, 1.165) is 25.0 Å². The molecule has 2 saturated heterocycles. The normalized spacial score (nSPS) is 25.5. The molecule has 1 aromatic rings. The Balaban J connectivity index is 1.66. The Morgan fingerprint density at radius 2 is 2.17 bits per heavy atom. The van der Waals surface area contributed by atoms with Crippen LogP contribution in [-0.4, -0.2) is 54.7 Å². The minimum Gasteiger partial charge on any atom is -0.376 e. The van der Waals surface area contributed by atoms with Gasteiger partial charge in [-0.25, -0.2) is 0 Å². The van der Waals surface area contributed by atoms with Crippen LogP contribution in [0.3, 0.4) is 0 Å². The number of carbonyl (C=O) groups is 2. The van der Waals surface area contributed by atoms with Crippen molar-refractivity contribution < 1.29 is 19.1 Å². The maximum absolute atomic E-state index is 12.7. The number of amides is 2. The number of ether oxygens (including phenoxy) is 2. The van der Waals surface area contributed by atoms with Gasteiger partial charge in [-0.2, -0.15) is 0 Å². The minimum absolute atomic E-state index is 0.0257. The molecule has 2 aliphatic rings. The van der Waals surface area contributed by atoms with Gasteiger partial charge >= 0.3 is 0 Å². The lowest BCUT2D eigenvalue weighted by Crippen LogP contribution is -2.58. The van der Waals surface area contributed by atoms with Crippen LogP contribution < -0.4 is 5.32 Å². The summed E-state index contributed by atoms with van der Waals surface area (Å²) < 4.78 is 10.9. The first-order valence-corrected chi connectivity index (χ1v) is 8.48. The lowest BCUT2D eigenvalue weighted by Gasteiger charge is -2.35. The number of carbonyl (C=O) groups excluding carboxylic acids is 2. The van der Waals surface area contributed by atoms with Crippen molar-refractivity contribution in [3.8, 4) is 0 Å². The van der Waals surface area contributed by atoms with Crippen LogP contribution in [0.25, 0.3) is 0 Å². The van der Waals surface area contributed by atoms with Crippen LogP contribution in [0.15, 0.2) is 30.3 Å². The topological polar surface area (TPSA) is 67.9 Å². The van der Waals surface area contributed by atoms with E-state index < -0.39 is 6.04 Å². The fraction of sp³-hybridized carbons (Fsp3) is 0.556. The van der Waals surface area contributed by atoms with Crippen LogP contribution in [0, 0.1) is 0 Å². The lowest BCUT2D eigenvalue weighted by atomic mass is 10.1. The van der Waals surface area contributed by atoms with Crippen molar-refractivity contribution >= 4 is 11.8 Å². The fourth-order valence-electron chi connectivity index (χ4n) is 3.21. The molecule has 2 heterocycles. The van der Waals surface area contributed by atoms with E-state index in [9.17, 15) is 9.59 Å². The van der Waals surface area contributed by atoms with Crippen molar-refractivity contribution in [3.05, 3.63) is 35.9 Å². The molecule has 0 aliphatic carbocycles. The van der Waals surface area contributed by atoms with Gasteiger partial charge in [0.1, 0.15) is 12.6 Å². The van der Waals surface area contributed by atoms with Crippen molar-refractivity contribution in [3.63, 3.8) is 0 Å². The monoisotopic (exact) mass is 332 g/mol. The maximum Gasteiger partial charge on any atom is 0.249 e. The number of hydrogen-bond acceptors (Lipinski definition) is 4. The van der Waals surface area contributed by atoms with Crippen LogP contribution in [-0.2, 0) is 25.6 Å². The van der Waals surface area contributed by atoms with Gasteiger partial charge in [-0.15, -0.1) is 0 Å². The van der Waals surface area contributed by atoms with Crippen molar-refractivity contribution in [2.45, 2.75) is 44.5 Å². The van der Waals surface area contributed by atoms with Crippen LogP contribution in [0.1, 0.15) is 25.3 Å². The zero-order valence-electron chi connectivity index (χ0n) is 13.9. The average molecular weight is 332 g/mol. The number of rotatable bonds is 5. The Morgan fingerprint density at radius 1 is 1.38 bits per heavy atom. The third kappa shape index (κ3) is 3.94. The molecule has 0 radical (unpaired) electrons. The highest BCUT2D eigenvalue weighted by atomic mass is 16.5. The Bertz CT molecular complexity index is 572. The van der Waals surface area contributed by atoms with Crippen LogP contribution in [0.5, 0.6) is 0 Å². The second-order valence-electron chi connectivity index (χ2n) is 6.39. The predicted octanol–water partition coefficient (Wildman–Crippen LogP) is 1.10. The maximum atomic E-state index is 12.7. The first-order valence-electron chi connectivity index (χ1n) is 8.48. The smallest absolute Gasteiger partial charge is 0.249 e. The van der Waals surface area contributed by atoms with Crippen LogP contribution >= 0.6 is 0 Å². The van der Waals surface area contributed by atoms with Gasteiger partial charge in [0, 0.05) is 13.2 Å². The van der Waals surface area contributed by atoms with E-state index in [0.29, 0.717) is 6.54 Å². The molecule has 0 saturated carbocycles. The largest absolute Gasteiger partial charge is 0.376 e. The van der Waals surface area contributed by atoms with Crippen molar-refractivity contribution in [1.29, 1.82) is 0 Å². The van der Waals surface area contributed by atoms with E-state index in [-0.39, 0.29) is 37.2 Å². The molecule has 3 atom stereocenters. The molecule has 6 heteroatoms. The van der Waals surface area contributed by atoms with Crippen LogP contribution in [0.2, 0.25) is 0 Å². The third-order valence-corrected chi connectivity index (χ3v) is 4.59. The summed E-state index contributed by atoms with van der Waals surface area (Å²) in [5, 5.41) is 2.99. The number of benzene rings is 1. The van der Waals surface area contributed by atoms with Crippen molar-refractivity contribution in [1.82, 2.24) is 10.2 Å². The highest BCUT2D eigenvalue weighted by Crippen LogP contribution is 2.17. The molecular formula is C18H24N2O4. The van der Waals surface area contributed by atoms with E-state index in [1.807, 2.05) is 37.3 Å². The van der Waals surface area contributed by atoms with Gasteiger partial charge in [-0.05, 0) is 25.3 Å². The molecule has 130 valence electrons. The number of nitrogens with one attached hydrogen (secondary N) is 1. The van der Waals surface area contributed by atoms with Crippen LogP contribution in [0.4, 0.5) is 0 Å². The van der Waals surface area contributed by atoms with Gasteiger partial charge in [0.25, 0.3) is 0 Å². The first kappa shape index (κ1) is 16.9. The summed E-state index contributed by atoms with van der Waals surface area (Å²) in [6.07, 6.45) is 2.03. The highest BCUT2D eigenvalue weighted by molar-refractivity contribution is 5.89. The molecule has 0 unspecified atom stereocenters. The summed E-state index contributed by atoms with van der Waals surface area (Å²) >= 11 is 0. The molecule has 6 nitrogen and oxygen atoms in total. The first-order chi connectivity index (χ1) is 11.6. The second-order valence-corrected chi connectivity index (χ2v) is 6.39. The second kappa shape index (κ2) is 7.77. The summed E-state index contributed by atoms with van der Waals surface area (Å²) in [6.45, 7) is 3.35. The number of hydrogen-bond donors (Lipinski definition) is 1. The van der Waals surface area contributed by atoms with E-state index in [1.54, 1.807) is 4.90 Å². The Labute approximate surface area is 142 Å². The Hall–Kier alpha value is -1.92. The molecule has 0 bridgehead atoms. The molecule has 3 rings (SSSR count). The summed E-state index contributed by atoms with van der Waals surface area (Å²) in [5.41, 5.74) is 0.998. The van der Waals surface area contributed by atoms with Gasteiger partial charge in [-0.3, -0.25) is 9.59 Å².